The predicted molar refractivity (Wildman–Crippen MR) is 116 cm³/mol. The van der Waals surface area contributed by atoms with Crippen LogP contribution in [-0.2, 0) is 17.5 Å². The van der Waals surface area contributed by atoms with Gasteiger partial charge in [-0.15, -0.1) is 0 Å². The fourth-order valence-corrected chi connectivity index (χ4v) is 5.44. The van der Waals surface area contributed by atoms with Gasteiger partial charge in [0.2, 0.25) is 0 Å². The van der Waals surface area contributed by atoms with Crippen molar-refractivity contribution in [3.63, 3.8) is 0 Å². The van der Waals surface area contributed by atoms with E-state index in [-0.39, 0.29) is 5.69 Å². The van der Waals surface area contributed by atoms with Crippen molar-refractivity contribution in [1.82, 2.24) is 4.90 Å². The van der Waals surface area contributed by atoms with Crippen LogP contribution in [0.5, 0.6) is 0 Å². The highest BCUT2D eigenvalue weighted by atomic mass is 19.4. The van der Waals surface area contributed by atoms with Crippen LogP contribution in [0.4, 0.5) is 34.6 Å². The summed E-state index contributed by atoms with van der Waals surface area (Å²) >= 11 is 0. The molecule has 0 radical (unpaired) electrons. The third-order valence-electron chi connectivity index (χ3n) is 6.96. The lowest BCUT2D eigenvalue weighted by Gasteiger charge is -2.40. The molecule has 3 aliphatic heterocycles. The molecule has 0 unspecified atom stereocenters. The van der Waals surface area contributed by atoms with Crippen LogP contribution in [0, 0.1) is 5.82 Å². The third-order valence-corrected chi connectivity index (χ3v) is 6.96. The Balaban J connectivity index is 1.54. The predicted octanol–water partition coefficient (Wildman–Crippen LogP) is 5.50. The zero-order valence-electron chi connectivity index (χ0n) is 18.2. The first-order valence-corrected chi connectivity index (χ1v) is 11.1. The molecule has 0 amide bonds. The summed E-state index contributed by atoms with van der Waals surface area (Å²) < 4.78 is 59.9. The topological polar surface area (TPSA) is 27.7 Å². The molecule has 2 atom stereocenters. The summed E-state index contributed by atoms with van der Waals surface area (Å²) in [5, 5.41) is 2.92. The smallest absolute Gasteiger partial charge is 0.375 e. The second-order valence-corrected chi connectivity index (χ2v) is 9.16. The molecule has 0 bridgehead atoms. The van der Waals surface area contributed by atoms with Gasteiger partial charge in [0.25, 0.3) is 0 Å². The van der Waals surface area contributed by atoms with Crippen LogP contribution in [0.1, 0.15) is 42.9 Å². The maximum Gasteiger partial charge on any atom is 0.419 e. The van der Waals surface area contributed by atoms with Crippen molar-refractivity contribution >= 4 is 17.1 Å². The Morgan fingerprint density at radius 3 is 2.72 bits per heavy atom. The molecule has 172 valence electrons. The highest BCUT2D eigenvalue weighted by Gasteiger charge is 2.44. The Morgan fingerprint density at radius 2 is 1.97 bits per heavy atom. The minimum atomic E-state index is -4.74. The SMILES string of the molecule is CC(C)N1CC[C@H]2[C@@H](C1)c1cc(Nc3cccc(C(F)(F)F)c3F)cc3c1N2CCOC3. The molecule has 32 heavy (non-hydrogen) atoms. The first kappa shape index (κ1) is 21.5. The zero-order valence-corrected chi connectivity index (χ0v) is 18.2. The van der Waals surface area contributed by atoms with Crippen molar-refractivity contribution in [3.05, 3.63) is 52.8 Å². The molecule has 0 saturated carbocycles. The maximum atomic E-state index is 14.6. The van der Waals surface area contributed by atoms with Gasteiger partial charge in [-0.1, -0.05) is 6.07 Å². The summed E-state index contributed by atoms with van der Waals surface area (Å²) in [6, 6.07) is 8.03. The number of rotatable bonds is 3. The molecule has 2 aromatic carbocycles. The number of benzene rings is 2. The van der Waals surface area contributed by atoms with Gasteiger partial charge in [-0.05, 0) is 50.1 Å². The van der Waals surface area contributed by atoms with Crippen molar-refractivity contribution in [2.75, 3.05) is 36.5 Å². The molecule has 1 saturated heterocycles. The number of ether oxygens (including phenoxy) is 1. The van der Waals surface area contributed by atoms with Gasteiger partial charge in [-0.25, -0.2) is 4.39 Å². The lowest BCUT2D eigenvalue weighted by molar-refractivity contribution is -0.139. The number of alkyl halides is 3. The summed E-state index contributed by atoms with van der Waals surface area (Å²) in [7, 11) is 0. The standard InChI is InChI=1S/C24H27F4N3O/c1-14(2)30-7-6-21-18(12-30)17-11-16(10-15-13-32-9-8-31(21)23(15)17)29-20-5-3-4-19(22(20)25)24(26,27)28/h3-5,10-11,14,18,21,29H,6-9,12-13H2,1-2H3/t18-,21-/m0/s1. The van der Waals surface area contributed by atoms with Crippen molar-refractivity contribution in [1.29, 1.82) is 0 Å². The van der Waals surface area contributed by atoms with E-state index in [1.165, 1.54) is 23.4 Å². The summed E-state index contributed by atoms with van der Waals surface area (Å²) in [6.45, 7) is 8.28. The lowest BCUT2D eigenvalue weighted by Crippen LogP contribution is -2.48. The molecular formula is C24H27F4N3O. The monoisotopic (exact) mass is 449 g/mol. The van der Waals surface area contributed by atoms with E-state index in [4.69, 9.17) is 4.74 Å². The van der Waals surface area contributed by atoms with E-state index in [1.807, 2.05) is 12.1 Å². The average Bonchev–Trinajstić information content (AvgIpc) is 2.89. The zero-order chi connectivity index (χ0) is 22.6. The molecule has 5 rings (SSSR count). The number of hydrogen-bond acceptors (Lipinski definition) is 4. The van der Waals surface area contributed by atoms with Gasteiger partial charge in [0.15, 0.2) is 5.82 Å². The van der Waals surface area contributed by atoms with Crippen LogP contribution >= 0.6 is 0 Å². The Labute approximate surface area is 185 Å². The largest absolute Gasteiger partial charge is 0.419 e. The number of fused-ring (bicyclic) bond motifs is 3. The number of nitrogens with zero attached hydrogens (tertiary/aromatic N) is 2. The molecule has 3 heterocycles. The fourth-order valence-electron chi connectivity index (χ4n) is 5.44. The molecule has 3 aliphatic rings. The van der Waals surface area contributed by atoms with Gasteiger partial charge < -0.3 is 19.9 Å². The lowest BCUT2D eigenvalue weighted by atomic mass is 9.87. The van der Waals surface area contributed by atoms with Gasteiger partial charge in [0, 0.05) is 54.6 Å². The number of anilines is 3. The minimum Gasteiger partial charge on any atom is -0.375 e. The highest BCUT2D eigenvalue weighted by Crippen LogP contribution is 2.49. The highest BCUT2D eigenvalue weighted by molar-refractivity contribution is 5.74. The number of piperidine rings is 1. The summed E-state index contributed by atoms with van der Waals surface area (Å²) in [4.78, 5) is 4.93. The van der Waals surface area contributed by atoms with Crippen molar-refractivity contribution < 1.29 is 22.3 Å². The number of halogens is 4. The Kier molecular flexibility index (Phi) is 5.33. The van der Waals surface area contributed by atoms with Gasteiger partial charge >= 0.3 is 6.18 Å². The van der Waals surface area contributed by atoms with E-state index < -0.39 is 17.6 Å². The molecule has 2 aromatic rings. The average molecular weight is 449 g/mol. The van der Waals surface area contributed by atoms with Crippen molar-refractivity contribution in [3.8, 4) is 0 Å². The summed E-state index contributed by atoms with van der Waals surface area (Å²) in [5.41, 5.74) is 2.51. The van der Waals surface area contributed by atoms with Crippen LogP contribution in [0.15, 0.2) is 30.3 Å². The molecule has 8 heteroatoms. The normalized spacial score (nSPS) is 23.2. The maximum absolute atomic E-state index is 14.6. The number of likely N-dealkylation sites (tertiary alicyclic amines) is 1. The third kappa shape index (κ3) is 3.63. The van der Waals surface area contributed by atoms with Crippen molar-refractivity contribution in [2.24, 2.45) is 0 Å². The van der Waals surface area contributed by atoms with E-state index in [1.54, 1.807) is 0 Å². The quantitative estimate of drug-likeness (QED) is 0.626. The second-order valence-electron chi connectivity index (χ2n) is 9.16. The molecule has 0 aliphatic carbocycles. The van der Waals surface area contributed by atoms with E-state index >= 15 is 0 Å². The Morgan fingerprint density at radius 1 is 1.16 bits per heavy atom. The minimum absolute atomic E-state index is 0.180. The molecule has 0 aromatic heterocycles. The molecule has 1 N–H and O–H groups in total. The molecule has 4 nitrogen and oxygen atoms in total. The number of hydrogen-bond donors (Lipinski definition) is 1. The van der Waals surface area contributed by atoms with Gasteiger partial charge in [0.1, 0.15) is 0 Å². The van der Waals surface area contributed by atoms with Crippen LogP contribution in [0.2, 0.25) is 0 Å². The van der Waals surface area contributed by atoms with Crippen LogP contribution < -0.4 is 10.2 Å². The van der Waals surface area contributed by atoms with E-state index in [0.29, 0.717) is 36.9 Å². The van der Waals surface area contributed by atoms with Crippen molar-refractivity contribution in [2.45, 2.75) is 51.1 Å². The second kappa shape index (κ2) is 7.92. The van der Waals surface area contributed by atoms with Gasteiger partial charge in [-0.3, -0.25) is 0 Å². The Bertz CT molecular complexity index is 1020. The van der Waals surface area contributed by atoms with Gasteiger partial charge in [0.05, 0.1) is 24.5 Å². The van der Waals surface area contributed by atoms with E-state index in [0.717, 1.165) is 37.7 Å². The first-order valence-electron chi connectivity index (χ1n) is 11.1. The summed E-state index contributed by atoms with van der Waals surface area (Å²) in [5.74, 6) is -0.975. The van der Waals surface area contributed by atoms with Gasteiger partial charge in [-0.2, -0.15) is 13.2 Å². The fraction of sp³-hybridized carbons (Fsp3) is 0.500. The van der Waals surface area contributed by atoms with Crippen LogP contribution in [-0.4, -0.2) is 43.2 Å². The number of nitrogens with one attached hydrogen (secondary N) is 1. The first-order chi connectivity index (χ1) is 15.2. The van der Waals surface area contributed by atoms with E-state index in [9.17, 15) is 17.6 Å². The van der Waals surface area contributed by atoms with E-state index in [2.05, 4.69) is 29.0 Å². The summed E-state index contributed by atoms with van der Waals surface area (Å²) in [6.07, 6.45) is -3.68. The van der Waals surface area contributed by atoms with Crippen LogP contribution in [0.3, 0.4) is 0 Å². The van der Waals surface area contributed by atoms with Crippen LogP contribution in [0.25, 0.3) is 0 Å². The molecule has 1 fully saturated rings. The Hall–Kier alpha value is -2.32. The molecular weight excluding hydrogens is 422 g/mol. The molecule has 0 spiro atoms.